The molecule has 1 spiro atoms. The Balaban J connectivity index is 1.48. The molecule has 7 nitrogen and oxygen atoms in total. The molecule has 5 heterocycles. The Morgan fingerprint density at radius 1 is 1.17 bits per heavy atom. The van der Waals surface area contributed by atoms with E-state index in [2.05, 4.69) is 10.2 Å². The summed E-state index contributed by atoms with van der Waals surface area (Å²) in [5, 5.41) is 3.48. The van der Waals surface area contributed by atoms with E-state index in [0.717, 1.165) is 31.2 Å². The minimum absolute atomic E-state index is 0.0957. The SMILES string of the molecule is O=C1[C@@H]2[C@@H]3CCCN3[C@]3(C(=O)Nc4ccc(Cl)cc43)[C@H]2C(=O)N1C[C@H]1CCCO1. The van der Waals surface area contributed by atoms with Crippen molar-refractivity contribution in [3.05, 3.63) is 28.8 Å². The Hall–Kier alpha value is -1.96. The monoisotopic (exact) mass is 415 g/mol. The molecule has 4 saturated heterocycles. The lowest BCUT2D eigenvalue weighted by Crippen LogP contribution is -2.54. The summed E-state index contributed by atoms with van der Waals surface area (Å²) in [6.45, 7) is 1.66. The number of nitrogens with zero attached hydrogens (tertiary/aromatic N) is 2. The number of hydrogen-bond donors (Lipinski definition) is 1. The molecule has 4 fully saturated rings. The zero-order valence-corrected chi connectivity index (χ0v) is 16.7. The first-order valence-electron chi connectivity index (χ1n) is 10.4. The molecule has 6 rings (SSSR count). The topological polar surface area (TPSA) is 79.0 Å². The maximum atomic E-state index is 13.6. The number of benzene rings is 1. The Bertz CT molecular complexity index is 946. The van der Waals surface area contributed by atoms with Gasteiger partial charge in [0.05, 0.1) is 24.5 Å². The standard InChI is InChI=1S/C21H22ClN3O4/c22-11-5-6-14-13(9-11)21(20(28)23-14)17-16(15-4-1-7-25(15)21)18(26)24(19(17)27)10-12-3-2-8-29-12/h5-6,9,12,15-17H,1-4,7-8,10H2,(H,23,28)/t12-,15+,16-,17-,21+/m1/s1. The van der Waals surface area contributed by atoms with Gasteiger partial charge in [0.1, 0.15) is 5.54 Å². The van der Waals surface area contributed by atoms with Crippen LogP contribution in [0.3, 0.4) is 0 Å². The second kappa shape index (κ2) is 6.03. The highest BCUT2D eigenvalue weighted by molar-refractivity contribution is 6.31. The van der Waals surface area contributed by atoms with E-state index in [1.54, 1.807) is 18.2 Å². The molecule has 8 heteroatoms. The van der Waals surface area contributed by atoms with Crippen molar-refractivity contribution in [2.24, 2.45) is 11.8 Å². The number of imide groups is 1. The van der Waals surface area contributed by atoms with Crippen molar-refractivity contribution in [3.63, 3.8) is 0 Å². The lowest BCUT2D eigenvalue weighted by molar-refractivity contribution is -0.147. The van der Waals surface area contributed by atoms with E-state index in [9.17, 15) is 14.4 Å². The van der Waals surface area contributed by atoms with E-state index >= 15 is 0 Å². The quantitative estimate of drug-likeness (QED) is 0.744. The molecule has 29 heavy (non-hydrogen) atoms. The largest absolute Gasteiger partial charge is 0.376 e. The highest BCUT2D eigenvalue weighted by atomic mass is 35.5. The van der Waals surface area contributed by atoms with Crippen LogP contribution in [0.1, 0.15) is 31.2 Å². The number of carbonyl (C=O) groups excluding carboxylic acids is 3. The van der Waals surface area contributed by atoms with E-state index in [1.165, 1.54) is 4.90 Å². The molecule has 0 aliphatic carbocycles. The van der Waals surface area contributed by atoms with Crippen LogP contribution >= 0.6 is 11.6 Å². The fourth-order valence-electron chi connectivity index (χ4n) is 6.41. The number of ether oxygens (including phenoxy) is 1. The van der Waals surface area contributed by atoms with Gasteiger partial charge in [-0.2, -0.15) is 0 Å². The van der Waals surface area contributed by atoms with Crippen LogP contribution in [0.5, 0.6) is 0 Å². The van der Waals surface area contributed by atoms with E-state index < -0.39 is 17.4 Å². The van der Waals surface area contributed by atoms with Crippen LogP contribution in [-0.4, -0.2) is 59.4 Å². The number of anilines is 1. The van der Waals surface area contributed by atoms with Crippen molar-refractivity contribution in [1.82, 2.24) is 9.80 Å². The fourth-order valence-corrected chi connectivity index (χ4v) is 6.58. The molecule has 0 aromatic heterocycles. The van der Waals surface area contributed by atoms with E-state index in [1.807, 2.05) is 0 Å². The normalized spacial score (nSPS) is 38.1. The second-order valence-electron chi connectivity index (χ2n) is 8.74. The van der Waals surface area contributed by atoms with Gasteiger partial charge >= 0.3 is 0 Å². The van der Waals surface area contributed by atoms with Crippen molar-refractivity contribution < 1.29 is 19.1 Å². The molecule has 5 atom stereocenters. The molecule has 1 N–H and O–H groups in total. The third-order valence-electron chi connectivity index (χ3n) is 7.46. The van der Waals surface area contributed by atoms with Gasteiger partial charge in [-0.05, 0) is 50.4 Å². The van der Waals surface area contributed by atoms with Crippen molar-refractivity contribution in [1.29, 1.82) is 0 Å². The number of likely N-dealkylation sites (tertiary alicyclic amines) is 1. The van der Waals surface area contributed by atoms with Crippen molar-refractivity contribution in [3.8, 4) is 0 Å². The number of rotatable bonds is 2. The lowest BCUT2D eigenvalue weighted by atomic mass is 9.75. The van der Waals surface area contributed by atoms with Gasteiger partial charge in [-0.15, -0.1) is 0 Å². The Morgan fingerprint density at radius 3 is 2.83 bits per heavy atom. The Morgan fingerprint density at radius 2 is 2.03 bits per heavy atom. The van der Waals surface area contributed by atoms with E-state index in [0.29, 0.717) is 23.9 Å². The first kappa shape index (κ1) is 17.9. The number of hydrogen-bond acceptors (Lipinski definition) is 5. The third-order valence-corrected chi connectivity index (χ3v) is 7.69. The molecule has 5 aliphatic rings. The Labute approximate surface area is 173 Å². The minimum Gasteiger partial charge on any atom is -0.376 e. The predicted molar refractivity (Wildman–Crippen MR) is 104 cm³/mol. The summed E-state index contributed by atoms with van der Waals surface area (Å²) in [6, 6.07) is 5.21. The summed E-state index contributed by atoms with van der Waals surface area (Å²) in [6.07, 6.45) is 3.43. The van der Waals surface area contributed by atoms with Crippen LogP contribution in [0.4, 0.5) is 5.69 Å². The Kier molecular flexibility index (Phi) is 3.71. The molecule has 0 saturated carbocycles. The van der Waals surface area contributed by atoms with Crippen LogP contribution in [0.15, 0.2) is 18.2 Å². The molecule has 0 bridgehead atoms. The summed E-state index contributed by atoms with van der Waals surface area (Å²) < 4.78 is 5.68. The first-order chi connectivity index (χ1) is 14.0. The number of carbonyl (C=O) groups is 3. The van der Waals surface area contributed by atoms with Gasteiger partial charge in [-0.25, -0.2) is 0 Å². The van der Waals surface area contributed by atoms with Crippen molar-refractivity contribution in [2.45, 2.75) is 43.4 Å². The molecule has 1 aromatic carbocycles. The van der Waals surface area contributed by atoms with Crippen LogP contribution in [0.2, 0.25) is 5.02 Å². The van der Waals surface area contributed by atoms with E-state index in [4.69, 9.17) is 16.3 Å². The van der Waals surface area contributed by atoms with Crippen LogP contribution in [0, 0.1) is 11.8 Å². The second-order valence-corrected chi connectivity index (χ2v) is 9.18. The van der Waals surface area contributed by atoms with Crippen molar-refractivity contribution in [2.75, 3.05) is 25.0 Å². The lowest BCUT2D eigenvalue weighted by Gasteiger charge is -2.36. The summed E-state index contributed by atoms with van der Waals surface area (Å²) in [4.78, 5) is 44.0. The highest BCUT2D eigenvalue weighted by Crippen LogP contribution is 2.60. The third kappa shape index (κ3) is 2.13. The van der Waals surface area contributed by atoms with Crippen molar-refractivity contribution >= 4 is 35.0 Å². The van der Waals surface area contributed by atoms with Gasteiger partial charge in [0.25, 0.3) is 0 Å². The molecule has 0 unspecified atom stereocenters. The smallest absolute Gasteiger partial charge is 0.250 e. The number of nitrogens with one attached hydrogen (secondary N) is 1. The van der Waals surface area contributed by atoms with E-state index in [-0.39, 0.29) is 36.4 Å². The predicted octanol–water partition coefficient (Wildman–Crippen LogP) is 1.75. The number of halogens is 1. The summed E-state index contributed by atoms with van der Waals surface area (Å²) >= 11 is 6.29. The van der Waals surface area contributed by atoms with Gasteiger partial charge in [0.2, 0.25) is 17.7 Å². The zero-order chi connectivity index (χ0) is 19.9. The summed E-state index contributed by atoms with van der Waals surface area (Å²) in [5.74, 6) is -1.79. The van der Waals surface area contributed by atoms with Crippen LogP contribution in [-0.2, 0) is 24.7 Å². The maximum Gasteiger partial charge on any atom is 0.250 e. The highest BCUT2D eigenvalue weighted by Gasteiger charge is 2.74. The molecular formula is C21H22ClN3O4. The summed E-state index contributed by atoms with van der Waals surface area (Å²) in [7, 11) is 0. The van der Waals surface area contributed by atoms with Crippen LogP contribution in [0.25, 0.3) is 0 Å². The average Bonchev–Trinajstić information content (AvgIpc) is 3.47. The van der Waals surface area contributed by atoms with Gasteiger partial charge in [0, 0.05) is 28.9 Å². The molecule has 1 aromatic rings. The molecule has 152 valence electrons. The fraction of sp³-hybridized carbons (Fsp3) is 0.571. The average molecular weight is 416 g/mol. The first-order valence-corrected chi connectivity index (χ1v) is 10.8. The molecule has 0 radical (unpaired) electrons. The summed E-state index contributed by atoms with van der Waals surface area (Å²) in [5.41, 5.74) is 0.266. The van der Waals surface area contributed by atoms with Crippen LogP contribution < -0.4 is 5.32 Å². The van der Waals surface area contributed by atoms with Gasteiger partial charge in [0.15, 0.2) is 0 Å². The minimum atomic E-state index is -1.15. The number of amides is 3. The maximum absolute atomic E-state index is 13.6. The molecule has 3 amide bonds. The van der Waals surface area contributed by atoms with Gasteiger partial charge in [-0.3, -0.25) is 24.2 Å². The molecule has 5 aliphatic heterocycles. The molecular weight excluding hydrogens is 394 g/mol. The zero-order valence-electron chi connectivity index (χ0n) is 15.9. The van der Waals surface area contributed by atoms with Gasteiger partial charge < -0.3 is 10.1 Å². The number of fused-ring (bicyclic) bond motifs is 7. The van der Waals surface area contributed by atoms with Gasteiger partial charge in [-0.1, -0.05) is 11.6 Å².